The summed E-state index contributed by atoms with van der Waals surface area (Å²) in [5.74, 6) is 2.17. The van der Waals surface area contributed by atoms with Gasteiger partial charge in [-0.1, -0.05) is 50.2 Å². The van der Waals surface area contributed by atoms with Crippen LogP contribution >= 0.6 is 11.3 Å². The molecule has 4 rings (SSSR count). The van der Waals surface area contributed by atoms with Crippen molar-refractivity contribution in [2.45, 2.75) is 33.0 Å². The van der Waals surface area contributed by atoms with Gasteiger partial charge in [-0.05, 0) is 29.2 Å². The van der Waals surface area contributed by atoms with E-state index in [1.54, 1.807) is 14.2 Å². The fraction of sp³-hybridized carbons (Fsp3) is 0.379. The Morgan fingerprint density at radius 1 is 1.03 bits per heavy atom. The third-order valence-corrected chi connectivity index (χ3v) is 6.91. The first-order valence-corrected chi connectivity index (χ1v) is 13.5. The normalized spacial score (nSPS) is 12.4. The molecule has 2 N–H and O–H groups in total. The van der Waals surface area contributed by atoms with Crippen LogP contribution in [-0.2, 0) is 17.8 Å². The van der Waals surface area contributed by atoms with Crippen molar-refractivity contribution in [1.82, 2.24) is 14.9 Å². The van der Waals surface area contributed by atoms with Gasteiger partial charge in [0.25, 0.3) is 5.56 Å². The summed E-state index contributed by atoms with van der Waals surface area (Å²) in [5, 5.41) is 13.1. The first-order chi connectivity index (χ1) is 18.4. The maximum Gasteiger partial charge on any atom is 0.260 e. The molecule has 38 heavy (non-hydrogen) atoms. The lowest BCUT2D eigenvalue weighted by atomic mass is 10.1. The van der Waals surface area contributed by atoms with Crippen LogP contribution in [0.1, 0.15) is 25.2 Å². The highest BCUT2D eigenvalue weighted by Crippen LogP contribution is 2.36. The molecule has 2 heterocycles. The summed E-state index contributed by atoms with van der Waals surface area (Å²) in [6, 6.07) is 15.6. The van der Waals surface area contributed by atoms with E-state index in [4.69, 9.17) is 19.2 Å². The van der Waals surface area contributed by atoms with Gasteiger partial charge in [0.15, 0.2) is 11.5 Å². The SMILES string of the molecule is COc1ccc(-c2csc3nc(CN(Cc4ccccc4)CC(O)COCC(C)C)[nH]c(=O)c23)cc1OC. The topological polar surface area (TPSA) is 96.9 Å². The number of aliphatic hydroxyl groups is 1. The van der Waals surface area contributed by atoms with Crippen molar-refractivity contribution >= 4 is 21.6 Å². The number of methoxy groups -OCH3 is 2. The van der Waals surface area contributed by atoms with Gasteiger partial charge >= 0.3 is 0 Å². The van der Waals surface area contributed by atoms with Gasteiger partial charge in [0.1, 0.15) is 10.7 Å². The molecular weight excluding hydrogens is 502 g/mol. The summed E-state index contributed by atoms with van der Waals surface area (Å²) in [7, 11) is 3.18. The number of benzene rings is 2. The molecular formula is C29H35N3O5S. The average Bonchev–Trinajstić information content (AvgIpc) is 3.33. The Balaban J connectivity index is 1.58. The van der Waals surface area contributed by atoms with E-state index in [1.807, 2.05) is 53.9 Å². The largest absolute Gasteiger partial charge is 0.493 e. The van der Waals surface area contributed by atoms with Gasteiger partial charge in [-0.3, -0.25) is 9.69 Å². The Bertz CT molecular complexity index is 1390. The van der Waals surface area contributed by atoms with Crippen molar-refractivity contribution < 1.29 is 19.3 Å². The van der Waals surface area contributed by atoms with Crippen LogP contribution in [0.2, 0.25) is 0 Å². The molecule has 8 nitrogen and oxygen atoms in total. The summed E-state index contributed by atoms with van der Waals surface area (Å²) >= 11 is 1.43. The minimum absolute atomic E-state index is 0.198. The lowest BCUT2D eigenvalue weighted by Gasteiger charge is -2.25. The van der Waals surface area contributed by atoms with Crippen molar-refractivity contribution in [3.8, 4) is 22.6 Å². The molecule has 4 aromatic rings. The van der Waals surface area contributed by atoms with Gasteiger partial charge < -0.3 is 24.3 Å². The van der Waals surface area contributed by atoms with Crippen molar-refractivity contribution in [2.75, 3.05) is 34.0 Å². The summed E-state index contributed by atoms with van der Waals surface area (Å²) < 4.78 is 16.4. The lowest BCUT2D eigenvalue weighted by Crippen LogP contribution is -2.35. The zero-order valence-corrected chi connectivity index (χ0v) is 23.1. The third kappa shape index (κ3) is 6.99. The van der Waals surface area contributed by atoms with E-state index in [0.29, 0.717) is 59.7 Å². The number of H-pyrrole nitrogens is 1. The Labute approximate surface area is 226 Å². The van der Waals surface area contributed by atoms with Gasteiger partial charge in [-0.2, -0.15) is 0 Å². The zero-order chi connectivity index (χ0) is 27.1. The van der Waals surface area contributed by atoms with Crippen LogP contribution in [0.3, 0.4) is 0 Å². The standard InChI is InChI=1S/C29H35N3O5S/c1-19(2)16-37-17-22(33)14-32(13-20-8-6-5-7-9-20)15-26-30-28(34)27-23(18-38-29(27)31-26)21-10-11-24(35-3)25(12-21)36-4/h5-12,18-19,22,33H,13-17H2,1-4H3,(H,30,31,34). The van der Waals surface area contributed by atoms with Crippen molar-refractivity contribution in [3.05, 3.63) is 75.7 Å². The number of nitrogens with zero attached hydrogens (tertiary/aromatic N) is 2. The minimum atomic E-state index is -0.661. The van der Waals surface area contributed by atoms with Crippen LogP contribution in [0.4, 0.5) is 0 Å². The van der Waals surface area contributed by atoms with Crippen LogP contribution in [0.25, 0.3) is 21.3 Å². The molecule has 2 aromatic carbocycles. The molecule has 202 valence electrons. The summed E-state index contributed by atoms with van der Waals surface area (Å²) in [5.41, 5.74) is 2.56. The van der Waals surface area contributed by atoms with Gasteiger partial charge in [-0.25, -0.2) is 4.98 Å². The quantitative estimate of drug-likeness (QED) is 0.255. The number of hydrogen-bond donors (Lipinski definition) is 2. The maximum absolute atomic E-state index is 13.3. The van der Waals surface area contributed by atoms with Crippen LogP contribution < -0.4 is 15.0 Å². The van der Waals surface area contributed by atoms with Crippen LogP contribution in [0.15, 0.2) is 58.7 Å². The fourth-order valence-corrected chi connectivity index (χ4v) is 5.28. The number of aliphatic hydroxyl groups excluding tert-OH is 1. The van der Waals surface area contributed by atoms with Crippen molar-refractivity contribution in [2.24, 2.45) is 5.92 Å². The average molecular weight is 538 g/mol. The minimum Gasteiger partial charge on any atom is -0.493 e. The fourth-order valence-electron chi connectivity index (χ4n) is 4.31. The highest BCUT2D eigenvalue weighted by atomic mass is 32.1. The molecule has 9 heteroatoms. The number of fused-ring (bicyclic) bond motifs is 1. The molecule has 0 amide bonds. The second kappa shape index (κ2) is 13.0. The molecule has 0 fully saturated rings. The molecule has 1 atom stereocenters. The molecule has 0 saturated heterocycles. The van der Waals surface area contributed by atoms with E-state index in [9.17, 15) is 9.90 Å². The molecule has 0 radical (unpaired) electrons. The predicted molar refractivity (Wildman–Crippen MR) is 151 cm³/mol. The molecule has 0 aliphatic heterocycles. The number of aromatic amines is 1. The van der Waals surface area contributed by atoms with Gasteiger partial charge in [-0.15, -0.1) is 11.3 Å². The summed E-state index contributed by atoms with van der Waals surface area (Å²) in [6.07, 6.45) is -0.661. The lowest BCUT2D eigenvalue weighted by molar-refractivity contribution is 0.00517. The van der Waals surface area contributed by atoms with E-state index in [2.05, 4.69) is 23.7 Å². The van der Waals surface area contributed by atoms with E-state index in [-0.39, 0.29) is 12.2 Å². The van der Waals surface area contributed by atoms with Gasteiger partial charge in [0, 0.05) is 30.6 Å². The molecule has 0 aliphatic carbocycles. The second-order valence-corrected chi connectivity index (χ2v) is 10.5. The Hall–Kier alpha value is -3.24. The maximum atomic E-state index is 13.3. The molecule has 1 unspecified atom stereocenters. The van der Waals surface area contributed by atoms with E-state index < -0.39 is 6.10 Å². The highest BCUT2D eigenvalue weighted by Gasteiger charge is 2.18. The highest BCUT2D eigenvalue weighted by molar-refractivity contribution is 7.17. The van der Waals surface area contributed by atoms with E-state index in [1.165, 1.54) is 11.3 Å². The number of rotatable bonds is 13. The molecule has 0 aliphatic rings. The second-order valence-electron chi connectivity index (χ2n) is 9.65. The molecule has 0 spiro atoms. The van der Waals surface area contributed by atoms with E-state index in [0.717, 1.165) is 16.7 Å². The van der Waals surface area contributed by atoms with Crippen molar-refractivity contribution in [3.63, 3.8) is 0 Å². The van der Waals surface area contributed by atoms with Gasteiger partial charge in [0.2, 0.25) is 0 Å². The first kappa shape index (κ1) is 27.8. The number of nitrogens with one attached hydrogen (secondary N) is 1. The third-order valence-electron chi connectivity index (χ3n) is 6.04. The smallest absolute Gasteiger partial charge is 0.260 e. The molecule has 0 bridgehead atoms. The van der Waals surface area contributed by atoms with Crippen LogP contribution in [-0.4, -0.2) is 60.1 Å². The van der Waals surface area contributed by atoms with Crippen molar-refractivity contribution in [1.29, 1.82) is 0 Å². The summed E-state index contributed by atoms with van der Waals surface area (Å²) in [4.78, 5) is 23.8. The molecule has 2 aromatic heterocycles. The Kier molecular flexibility index (Phi) is 9.52. The predicted octanol–water partition coefficient (Wildman–Crippen LogP) is 4.70. The van der Waals surface area contributed by atoms with Gasteiger partial charge in [0.05, 0.1) is 38.9 Å². The Morgan fingerprint density at radius 2 is 1.79 bits per heavy atom. The summed E-state index contributed by atoms with van der Waals surface area (Å²) in [6.45, 7) is 6.38. The number of aromatic nitrogens is 2. The van der Waals surface area contributed by atoms with Crippen LogP contribution in [0, 0.1) is 5.92 Å². The van der Waals surface area contributed by atoms with E-state index >= 15 is 0 Å². The van der Waals surface area contributed by atoms with Crippen LogP contribution in [0.5, 0.6) is 11.5 Å². The number of ether oxygens (including phenoxy) is 3. The Morgan fingerprint density at radius 3 is 2.50 bits per heavy atom. The number of thiophene rings is 1. The molecule has 0 saturated carbocycles. The first-order valence-electron chi connectivity index (χ1n) is 12.6. The number of hydrogen-bond acceptors (Lipinski definition) is 8. The zero-order valence-electron chi connectivity index (χ0n) is 22.3. The monoisotopic (exact) mass is 537 g/mol.